The number of amides is 1. The van der Waals surface area contributed by atoms with Gasteiger partial charge in [-0.1, -0.05) is 24.4 Å². The Labute approximate surface area is 170 Å². The number of nitrogens with one attached hydrogen (secondary N) is 1. The smallest absolute Gasteiger partial charge is 0.255 e. The van der Waals surface area contributed by atoms with Crippen LogP contribution in [-0.4, -0.2) is 38.8 Å². The van der Waals surface area contributed by atoms with Gasteiger partial charge in [0, 0.05) is 23.7 Å². The highest BCUT2D eigenvalue weighted by atomic mass is 35.5. The Morgan fingerprint density at radius 3 is 2.29 bits per heavy atom. The fourth-order valence-electron chi connectivity index (χ4n) is 3.17. The van der Waals surface area contributed by atoms with Crippen molar-refractivity contribution in [2.75, 3.05) is 25.5 Å². The second-order valence-electron chi connectivity index (χ2n) is 6.64. The van der Waals surface area contributed by atoms with E-state index < -0.39 is 10.0 Å². The van der Waals surface area contributed by atoms with Gasteiger partial charge in [0.1, 0.15) is 5.75 Å². The van der Waals surface area contributed by atoms with Crippen LogP contribution in [0.5, 0.6) is 5.75 Å². The van der Waals surface area contributed by atoms with Crippen molar-refractivity contribution >= 4 is 33.2 Å². The first-order valence-electron chi connectivity index (χ1n) is 9.17. The number of hydrogen-bond donors (Lipinski definition) is 1. The molecule has 1 fully saturated rings. The minimum Gasteiger partial charge on any atom is -0.495 e. The van der Waals surface area contributed by atoms with Crippen LogP contribution in [0.3, 0.4) is 0 Å². The summed E-state index contributed by atoms with van der Waals surface area (Å²) in [5.74, 6) is 0.0106. The lowest BCUT2D eigenvalue weighted by Gasteiger charge is -2.21. The minimum absolute atomic E-state index is 0.140. The highest BCUT2D eigenvalue weighted by molar-refractivity contribution is 7.89. The Bertz CT molecular complexity index is 937. The van der Waals surface area contributed by atoms with Crippen LogP contribution in [0.4, 0.5) is 5.69 Å². The molecule has 28 heavy (non-hydrogen) atoms. The molecule has 0 bridgehead atoms. The molecule has 1 N–H and O–H groups in total. The average molecular weight is 423 g/mol. The van der Waals surface area contributed by atoms with Gasteiger partial charge in [0.15, 0.2) is 0 Å². The Kier molecular flexibility index (Phi) is 6.59. The number of methoxy groups -OCH3 is 1. The third-order valence-corrected chi connectivity index (χ3v) is 6.87. The number of sulfonamides is 1. The van der Waals surface area contributed by atoms with Crippen LogP contribution < -0.4 is 10.1 Å². The van der Waals surface area contributed by atoms with E-state index in [1.165, 1.54) is 23.5 Å². The summed E-state index contributed by atoms with van der Waals surface area (Å²) in [6.07, 6.45) is 3.79. The lowest BCUT2D eigenvalue weighted by Crippen LogP contribution is -2.32. The molecule has 2 aromatic rings. The Morgan fingerprint density at radius 2 is 1.68 bits per heavy atom. The molecule has 0 saturated carbocycles. The lowest BCUT2D eigenvalue weighted by molar-refractivity contribution is 0.102. The second-order valence-corrected chi connectivity index (χ2v) is 9.02. The van der Waals surface area contributed by atoms with Gasteiger partial charge < -0.3 is 10.1 Å². The normalized spacial score (nSPS) is 15.6. The SMILES string of the molecule is COc1ccc(S(=O)(=O)N2CCCCCC2)cc1NC(=O)c1ccc(Cl)cc1. The summed E-state index contributed by atoms with van der Waals surface area (Å²) < 4.78 is 32.9. The van der Waals surface area contributed by atoms with Crippen molar-refractivity contribution in [1.82, 2.24) is 4.31 Å². The lowest BCUT2D eigenvalue weighted by atomic mass is 10.2. The first-order chi connectivity index (χ1) is 13.4. The molecule has 6 nitrogen and oxygen atoms in total. The highest BCUT2D eigenvalue weighted by Gasteiger charge is 2.26. The predicted octanol–water partition coefficient (Wildman–Crippen LogP) is 4.17. The van der Waals surface area contributed by atoms with Gasteiger partial charge >= 0.3 is 0 Å². The van der Waals surface area contributed by atoms with Crippen molar-refractivity contribution in [2.45, 2.75) is 30.6 Å². The standard InChI is InChI=1S/C20H23ClN2O4S/c1-27-19-11-10-17(28(25,26)23-12-4-2-3-5-13-23)14-18(19)22-20(24)15-6-8-16(21)9-7-15/h6-11,14H,2-5,12-13H2,1H3,(H,22,24). The maximum Gasteiger partial charge on any atom is 0.255 e. The first-order valence-corrected chi connectivity index (χ1v) is 11.0. The molecule has 2 aromatic carbocycles. The number of ether oxygens (including phenoxy) is 1. The van der Waals surface area contributed by atoms with Gasteiger partial charge in [0.25, 0.3) is 5.91 Å². The molecule has 0 atom stereocenters. The van der Waals surface area contributed by atoms with Crippen LogP contribution >= 0.6 is 11.6 Å². The van der Waals surface area contributed by atoms with Crippen molar-refractivity contribution in [1.29, 1.82) is 0 Å². The zero-order chi connectivity index (χ0) is 20.1. The number of carbonyl (C=O) groups excluding carboxylic acids is 1. The topological polar surface area (TPSA) is 75.7 Å². The van der Waals surface area contributed by atoms with Crippen molar-refractivity contribution in [2.24, 2.45) is 0 Å². The molecule has 1 aliphatic heterocycles. The zero-order valence-corrected chi connectivity index (χ0v) is 17.2. The van der Waals surface area contributed by atoms with Crippen molar-refractivity contribution < 1.29 is 17.9 Å². The molecular weight excluding hydrogens is 400 g/mol. The molecule has 150 valence electrons. The van der Waals surface area contributed by atoms with Crippen LogP contribution in [0.15, 0.2) is 47.4 Å². The van der Waals surface area contributed by atoms with E-state index in [1.807, 2.05) is 0 Å². The Hall–Kier alpha value is -2.09. The molecule has 1 saturated heterocycles. The molecule has 0 radical (unpaired) electrons. The summed E-state index contributed by atoms with van der Waals surface area (Å²) in [6.45, 7) is 1.03. The molecule has 0 aliphatic carbocycles. The fraction of sp³-hybridized carbons (Fsp3) is 0.350. The zero-order valence-electron chi connectivity index (χ0n) is 15.7. The molecule has 1 heterocycles. The summed E-state index contributed by atoms with van der Waals surface area (Å²) in [4.78, 5) is 12.7. The van der Waals surface area contributed by atoms with Crippen molar-refractivity contribution in [3.8, 4) is 5.75 Å². The van der Waals surface area contributed by atoms with Gasteiger partial charge in [-0.3, -0.25) is 4.79 Å². The van der Waals surface area contributed by atoms with E-state index in [4.69, 9.17) is 16.3 Å². The fourth-order valence-corrected chi connectivity index (χ4v) is 4.84. The predicted molar refractivity (Wildman–Crippen MR) is 110 cm³/mol. The number of hydrogen-bond acceptors (Lipinski definition) is 4. The number of nitrogens with zero attached hydrogens (tertiary/aromatic N) is 1. The van der Waals surface area contributed by atoms with E-state index in [0.29, 0.717) is 35.1 Å². The van der Waals surface area contributed by atoms with E-state index in [0.717, 1.165) is 25.7 Å². The number of carbonyl (C=O) groups is 1. The number of benzene rings is 2. The molecule has 3 rings (SSSR count). The third kappa shape index (κ3) is 4.66. The molecule has 1 amide bonds. The van der Waals surface area contributed by atoms with Crippen LogP contribution in [0.2, 0.25) is 5.02 Å². The minimum atomic E-state index is -3.63. The molecular formula is C20H23ClN2O4S. The Balaban J connectivity index is 1.89. The van der Waals surface area contributed by atoms with Gasteiger partial charge in [0.05, 0.1) is 17.7 Å². The van der Waals surface area contributed by atoms with E-state index >= 15 is 0 Å². The summed E-state index contributed by atoms with van der Waals surface area (Å²) in [6, 6.07) is 11.0. The maximum atomic E-state index is 13.0. The molecule has 0 aromatic heterocycles. The number of rotatable bonds is 5. The van der Waals surface area contributed by atoms with Gasteiger partial charge in [0.2, 0.25) is 10.0 Å². The van der Waals surface area contributed by atoms with Gasteiger partial charge in [-0.2, -0.15) is 4.31 Å². The van der Waals surface area contributed by atoms with Crippen LogP contribution in [0.1, 0.15) is 36.0 Å². The molecule has 0 unspecified atom stereocenters. The Morgan fingerprint density at radius 1 is 1.04 bits per heavy atom. The summed E-state index contributed by atoms with van der Waals surface area (Å²) in [7, 11) is -2.16. The van der Waals surface area contributed by atoms with E-state index in [2.05, 4.69) is 5.32 Å². The number of anilines is 1. The van der Waals surface area contributed by atoms with Crippen molar-refractivity contribution in [3.05, 3.63) is 53.1 Å². The summed E-state index contributed by atoms with van der Waals surface area (Å²) in [5.41, 5.74) is 0.713. The third-order valence-electron chi connectivity index (χ3n) is 4.73. The monoisotopic (exact) mass is 422 g/mol. The maximum absolute atomic E-state index is 13.0. The number of halogens is 1. The first kappa shape index (κ1) is 20.6. The molecule has 8 heteroatoms. The largest absolute Gasteiger partial charge is 0.495 e. The quantitative estimate of drug-likeness (QED) is 0.784. The summed E-state index contributed by atoms with van der Waals surface area (Å²) in [5, 5.41) is 3.26. The molecule has 0 spiro atoms. The average Bonchev–Trinajstić information content (AvgIpc) is 2.98. The van der Waals surface area contributed by atoms with Crippen molar-refractivity contribution in [3.63, 3.8) is 0 Å². The van der Waals surface area contributed by atoms with Gasteiger partial charge in [-0.05, 0) is 55.3 Å². The van der Waals surface area contributed by atoms with E-state index in [9.17, 15) is 13.2 Å². The van der Waals surface area contributed by atoms with E-state index in [-0.39, 0.29) is 10.8 Å². The van der Waals surface area contributed by atoms with E-state index in [1.54, 1.807) is 30.3 Å². The molecule has 1 aliphatic rings. The van der Waals surface area contributed by atoms with Crippen LogP contribution in [0, 0.1) is 0 Å². The second kappa shape index (κ2) is 8.94. The summed E-state index contributed by atoms with van der Waals surface area (Å²) >= 11 is 5.86. The van der Waals surface area contributed by atoms with Crippen LogP contribution in [0.25, 0.3) is 0 Å². The highest BCUT2D eigenvalue weighted by Crippen LogP contribution is 2.30. The van der Waals surface area contributed by atoms with Crippen LogP contribution in [-0.2, 0) is 10.0 Å². The van der Waals surface area contributed by atoms with Gasteiger partial charge in [-0.25, -0.2) is 8.42 Å². The van der Waals surface area contributed by atoms with Gasteiger partial charge in [-0.15, -0.1) is 0 Å².